The molecule has 0 radical (unpaired) electrons. The van der Waals surface area contributed by atoms with Crippen LogP contribution < -0.4 is 0 Å². The molecule has 3 rings (SSSR count). The average molecular weight is 747 g/mol. The van der Waals surface area contributed by atoms with Crippen molar-refractivity contribution in [1.29, 1.82) is 0 Å². The minimum atomic E-state index is -1.58. The molecule has 13 heteroatoms. The molecule has 13 nitrogen and oxygen atoms in total. The van der Waals surface area contributed by atoms with Crippen molar-refractivity contribution in [2.24, 2.45) is 23.7 Å². The Kier molecular flexibility index (Phi) is 15.8. The summed E-state index contributed by atoms with van der Waals surface area (Å²) in [7, 11) is 7.21. The van der Waals surface area contributed by atoms with Gasteiger partial charge in [-0.25, -0.2) is 0 Å². The molecule has 0 saturated carbocycles. The van der Waals surface area contributed by atoms with Gasteiger partial charge in [0.05, 0.1) is 47.3 Å². The van der Waals surface area contributed by atoms with Crippen LogP contribution in [0.2, 0.25) is 0 Å². The van der Waals surface area contributed by atoms with Crippen LogP contribution in [-0.4, -0.2) is 160 Å². The first-order valence-electron chi connectivity index (χ1n) is 19.5. The Balaban J connectivity index is 2.17. The van der Waals surface area contributed by atoms with E-state index in [2.05, 4.69) is 0 Å². The molecule has 3 fully saturated rings. The minimum absolute atomic E-state index is 0.0219. The maximum absolute atomic E-state index is 14.4. The van der Waals surface area contributed by atoms with Crippen LogP contribution in [0, 0.1) is 23.7 Å². The lowest BCUT2D eigenvalue weighted by molar-refractivity contribution is -0.317. The Morgan fingerprint density at radius 3 is 2.12 bits per heavy atom. The Bertz CT molecular complexity index is 1140. The molecule has 18 atom stereocenters. The fourth-order valence-electron chi connectivity index (χ4n) is 9.17. The summed E-state index contributed by atoms with van der Waals surface area (Å²) in [6.07, 6.45) is -6.35. The Labute approximate surface area is 313 Å². The predicted octanol–water partition coefficient (Wildman–Crippen LogP) is 2.56. The number of aliphatic hydroxyl groups is 5. The molecule has 0 aromatic rings. The van der Waals surface area contributed by atoms with Gasteiger partial charge in [0, 0.05) is 50.4 Å². The molecule has 0 amide bonds. The lowest BCUT2D eigenvalue weighted by Crippen LogP contribution is -2.60. The zero-order valence-electron chi connectivity index (χ0n) is 34.5. The van der Waals surface area contributed by atoms with Gasteiger partial charge in [-0.05, 0) is 87.4 Å². The summed E-state index contributed by atoms with van der Waals surface area (Å²) in [5, 5.41) is 58.4. The smallest absolute Gasteiger partial charge is 0.185 e. The molecule has 0 aromatic heterocycles. The highest BCUT2D eigenvalue weighted by Gasteiger charge is 2.52. The number of likely N-dealkylation sites (N-methyl/N-ethyl adjacent to an activating group) is 2. The number of aliphatic hydroxyl groups excluding tert-OH is 3. The summed E-state index contributed by atoms with van der Waals surface area (Å²) >= 11 is 0. The van der Waals surface area contributed by atoms with E-state index in [9.17, 15) is 30.3 Å². The van der Waals surface area contributed by atoms with E-state index in [1.54, 1.807) is 34.6 Å². The van der Waals surface area contributed by atoms with Crippen LogP contribution in [0.3, 0.4) is 0 Å². The van der Waals surface area contributed by atoms with Crippen molar-refractivity contribution in [2.75, 3.05) is 34.8 Å². The first-order chi connectivity index (χ1) is 23.9. The third-order valence-corrected chi connectivity index (χ3v) is 12.8. The number of rotatable bonds is 7. The van der Waals surface area contributed by atoms with Crippen molar-refractivity contribution in [3.05, 3.63) is 0 Å². The van der Waals surface area contributed by atoms with Crippen LogP contribution >= 0.6 is 0 Å². The van der Waals surface area contributed by atoms with Gasteiger partial charge in [-0.2, -0.15) is 0 Å². The number of nitrogens with zero attached hydrogens (tertiary/aromatic N) is 2. The summed E-state index contributed by atoms with van der Waals surface area (Å²) in [6.45, 7) is 18.7. The molecule has 8 unspecified atom stereocenters. The first-order valence-corrected chi connectivity index (χ1v) is 19.5. The predicted molar refractivity (Wildman–Crippen MR) is 197 cm³/mol. The van der Waals surface area contributed by atoms with Crippen molar-refractivity contribution >= 4 is 5.78 Å². The van der Waals surface area contributed by atoms with Crippen LogP contribution in [0.15, 0.2) is 0 Å². The highest BCUT2D eigenvalue weighted by molar-refractivity contribution is 5.81. The van der Waals surface area contributed by atoms with Crippen molar-refractivity contribution in [3.8, 4) is 0 Å². The van der Waals surface area contributed by atoms with Crippen LogP contribution in [0.1, 0.15) is 101 Å². The van der Waals surface area contributed by atoms with Crippen molar-refractivity contribution in [2.45, 2.75) is 186 Å². The fraction of sp³-hybridized carbons (Fsp3) is 0.974. The SMILES string of the molecule is CC[C@H]1CC(=O)[C@H](C)[C@@H](OC2CC(C)(OC)C(O)C(C)O2)[C@H](C)[C@@H](OC2OC(C)CC(N(C)C)C2O)[C@](C)(O)C[C@@H](C)CN(C)[C@H](C)[C@@H](O)[C@]1(C)O. The van der Waals surface area contributed by atoms with Gasteiger partial charge in [0.25, 0.3) is 0 Å². The number of ketones is 1. The summed E-state index contributed by atoms with van der Waals surface area (Å²) in [6, 6.07) is -0.708. The zero-order chi connectivity index (χ0) is 39.7. The molecule has 0 bridgehead atoms. The monoisotopic (exact) mass is 747 g/mol. The van der Waals surface area contributed by atoms with Crippen molar-refractivity contribution in [3.63, 3.8) is 0 Å². The second-order valence-corrected chi connectivity index (χ2v) is 17.6. The molecule has 3 aliphatic heterocycles. The normalized spacial score (nSPS) is 49.8. The van der Waals surface area contributed by atoms with Crippen LogP contribution in [-0.2, 0) is 28.5 Å². The quantitative estimate of drug-likeness (QED) is 0.258. The maximum atomic E-state index is 14.4. The van der Waals surface area contributed by atoms with Gasteiger partial charge in [-0.3, -0.25) is 4.79 Å². The Morgan fingerprint density at radius 1 is 0.942 bits per heavy atom. The summed E-state index contributed by atoms with van der Waals surface area (Å²) < 4.78 is 31.7. The molecule has 3 heterocycles. The van der Waals surface area contributed by atoms with Crippen LogP contribution in [0.25, 0.3) is 0 Å². The number of hydrogen-bond donors (Lipinski definition) is 5. The van der Waals surface area contributed by atoms with Crippen molar-refractivity contribution < 1.29 is 54.0 Å². The Hall–Kier alpha value is -0.810. The zero-order valence-corrected chi connectivity index (χ0v) is 34.5. The second-order valence-electron chi connectivity index (χ2n) is 17.6. The lowest BCUT2D eigenvalue weighted by atomic mass is 9.74. The van der Waals surface area contributed by atoms with E-state index in [1.165, 1.54) is 7.11 Å². The molecule has 306 valence electrons. The third-order valence-electron chi connectivity index (χ3n) is 12.8. The van der Waals surface area contributed by atoms with Crippen LogP contribution in [0.4, 0.5) is 0 Å². The lowest BCUT2D eigenvalue weighted by Gasteiger charge is -2.49. The van der Waals surface area contributed by atoms with E-state index >= 15 is 0 Å². The van der Waals surface area contributed by atoms with E-state index in [4.69, 9.17) is 23.7 Å². The van der Waals surface area contributed by atoms with Gasteiger partial charge in [-0.1, -0.05) is 34.1 Å². The number of carbonyl (C=O) groups is 1. The number of Topliss-reactive ketones (excluding diaryl/α,β-unsaturated/α-hetero) is 1. The fourth-order valence-corrected chi connectivity index (χ4v) is 9.17. The van der Waals surface area contributed by atoms with E-state index in [0.717, 1.165) is 0 Å². The summed E-state index contributed by atoms with van der Waals surface area (Å²) in [4.78, 5) is 18.3. The van der Waals surface area contributed by atoms with E-state index < -0.39 is 89.8 Å². The highest BCUT2D eigenvalue weighted by atomic mass is 16.7. The van der Waals surface area contributed by atoms with Gasteiger partial charge in [0.15, 0.2) is 12.6 Å². The molecule has 3 saturated heterocycles. The van der Waals surface area contributed by atoms with Crippen LogP contribution in [0.5, 0.6) is 0 Å². The second kappa shape index (κ2) is 18.0. The van der Waals surface area contributed by atoms with E-state index in [1.807, 2.05) is 65.6 Å². The molecular formula is C39H74N2O11. The number of methoxy groups -OCH3 is 1. The van der Waals surface area contributed by atoms with E-state index in [-0.39, 0.29) is 43.1 Å². The third kappa shape index (κ3) is 10.1. The molecule has 0 aliphatic carbocycles. The van der Waals surface area contributed by atoms with Gasteiger partial charge >= 0.3 is 0 Å². The van der Waals surface area contributed by atoms with Gasteiger partial charge < -0.3 is 59.0 Å². The highest BCUT2D eigenvalue weighted by Crippen LogP contribution is 2.41. The van der Waals surface area contributed by atoms with E-state index in [0.29, 0.717) is 19.4 Å². The topological polar surface area (TPSA) is 171 Å². The Morgan fingerprint density at radius 2 is 1.56 bits per heavy atom. The number of carbonyl (C=O) groups excluding carboxylic acids is 1. The van der Waals surface area contributed by atoms with Crippen molar-refractivity contribution in [1.82, 2.24) is 9.80 Å². The standard InChI is InChI=1S/C39H74N2O11/c1-15-27-17-29(42)23(4)32(51-30-19-38(9,48-14)34(45)26(7)50-30)24(5)35(52-36-31(43)28(40(11)12)16-22(3)49-36)37(8,46)18-21(2)20-41(13)25(6)33(44)39(27,10)47/h21-28,30-36,43-47H,15-20H2,1-14H3/t21-,22?,23+,24+,25-,26?,27+,28?,30?,31?,32-,33-,34?,35-,36?,37-,38?,39-/m1/s1. The molecule has 5 N–H and O–H groups in total. The minimum Gasteiger partial charge on any atom is -0.388 e. The maximum Gasteiger partial charge on any atom is 0.185 e. The summed E-state index contributed by atoms with van der Waals surface area (Å²) in [5.41, 5.74) is -4.08. The molecule has 0 spiro atoms. The first kappa shape index (κ1) is 45.6. The molecular weight excluding hydrogens is 672 g/mol. The molecule has 0 aromatic carbocycles. The number of ether oxygens (including phenoxy) is 5. The largest absolute Gasteiger partial charge is 0.388 e. The molecule has 52 heavy (non-hydrogen) atoms. The average Bonchev–Trinajstić information content (AvgIpc) is 3.05. The van der Waals surface area contributed by atoms with Gasteiger partial charge in [0.2, 0.25) is 0 Å². The van der Waals surface area contributed by atoms with Gasteiger partial charge in [-0.15, -0.1) is 0 Å². The number of hydrogen-bond acceptors (Lipinski definition) is 13. The van der Waals surface area contributed by atoms with Gasteiger partial charge in [0.1, 0.15) is 18.0 Å². The summed E-state index contributed by atoms with van der Waals surface area (Å²) in [5.74, 6) is -2.31. The molecule has 3 aliphatic rings.